The maximum atomic E-state index is 9.49. The number of hydrogen-bond acceptors (Lipinski definition) is 7. The fraction of sp³-hybridized carbons (Fsp3) is 0.471. The largest absolute Gasteiger partial charge is 0.395 e. The molecular weight excluding hydrogens is 304 g/mol. The van der Waals surface area contributed by atoms with Crippen LogP contribution in [-0.2, 0) is 13.0 Å². The van der Waals surface area contributed by atoms with Gasteiger partial charge in [0.25, 0.3) is 0 Å². The quantitative estimate of drug-likeness (QED) is 0.817. The lowest BCUT2D eigenvalue weighted by Gasteiger charge is -2.28. The van der Waals surface area contributed by atoms with Crippen molar-refractivity contribution < 1.29 is 5.11 Å². The molecule has 0 fully saturated rings. The molecule has 1 atom stereocenters. The van der Waals surface area contributed by atoms with Gasteiger partial charge in [-0.05, 0) is 24.0 Å². The topological polar surface area (TPSA) is 91.4 Å². The van der Waals surface area contributed by atoms with Crippen LogP contribution in [-0.4, -0.2) is 52.2 Å². The number of aromatic nitrogens is 3. The van der Waals surface area contributed by atoms with Crippen molar-refractivity contribution in [2.75, 3.05) is 37.9 Å². The van der Waals surface area contributed by atoms with Crippen LogP contribution in [0.2, 0.25) is 0 Å². The number of nitrogens with two attached hydrogens (primary N) is 1. The highest BCUT2D eigenvalue weighted by Gasteiger charge is 2.28. The molecule has 3 N–H and O–H groups in total. The zero-order chi connectivity index (χ0) is 17.1. The van der Waals surface area contributed by atoms with E-state index in [9.17, 15) is 5.11 Å². The number of aliphatic hydroxyl groups is 1. The van der Waals surface area contributed by atoms with Crippen molar-refractivity contribution in [3.8, 4) is 0 Å². The predicted molar refractivity (Wildman–Crippen MR) is 93.6 cm³/mol. The van der Waals surface area contributed by atoms with Crippen LogP contribution in [0.25, 0.3) is 0 Å². The van der Waals surface area contributed by atoms with E-state index >= 15 is 0 Å². The summed E-state index contributed by atoms with van der Waals surface area (Å²) < 4.78 is 0. The third kappa shape index (κ3) is 3.47. The third-order valence-corrected chi connectivity index (χ3v) is 4.36. The molecule has 7 heteroatoms. The molecule has 128 valence electrons. The minimum absolute atomic E-state index is 0.0970. The zero-order valence-electron chi connectivity index (χ0n) is 14.2. The van der Waals surface area contributed by atoms with Gasteiger partial charge in [-0.2, -0.15) is 15.0 Å². The summed E-state index contributed by atoms with van der Waals surface area (Å²) in [4.78, 5) is 16.9. The molecule has 0 saturated heterocycles. The van der Waals surface area contributed by atoms with Gasteiger partial charge in [0.2, 0.25) is 11.9 Å². The predicted octanol–water partition coefficient (Wildman–Crippen LogP) is 1.00. The number of aryl methyl sites for hydroxylation is 1. The van der Waals surface area contributed by atoms with Crippen LogP contribution in [0.4, 0.5) is 11.9 Å². The molecule has 2 aromatic rings. The van der Waals surface area contributed by atoms with E-state index in [2.05, 4.69) is 44.1 Å². The van der Waals surface area contributed by atoms with E-state index in [1.54, 1.807) is 0 Å². The molecule has 1 unspecified atom stereocenters. The molecule has 7 nitrogen and oxygen atoms in total. The number of nitrogen functional groups attached to an aromatic ring is 1. The molecule has 0 bridgehead atoms. The molecule has 1 aliphatic carbocycles. The Balaban J connectivity index is 1.85. The first-order valence-electron chi connectivity index (χ1n) is 8.19. The summed E-state index contributed by atoms with van der Waals surface area (Å²) >= 11 is 0. The molecule has 0 saturated carbocycles. The molecular formula is C17H24N6O. The Bertz CT molecular complexity index is 705. The number of anilines is 2. The monoisotopic (exact) mass is 328 g/mol. The summed E-state index contributed by atoms with van der Waals surface area (Å²) in [5, 5.41) is 9.49. The van der Waals surface area contributed by atoms with Crippen molar-refractivity contribution >= 4 is 11.9 Å². The molecule has 0 amide bonds. The molecule has 1 heterocycles. The van der Waals surface area contributed by atoms with Gasteiger partial charge in [-0.3, -0.25) is 4.90 Å². The first-order valence-corrected chi connectivity index (χ1v) is 8.19. The van der Waals surface area contributed by atoms with Gasteiger partial charge in [0, 0.05) is 26.7 Å². The fourth-order valence-corrected chi connectivity index (χ4v) is 3.26. The van der Waals surface area contributed by atoms with Crippen LogP contribution in [0, 0.1) is 0 Å². The van der Waals surface area contributed by atoms with Gasteiger partial charge >= 0.3 is 0 Å². The van der Waals surface area contributed by atoms with Crippen LogP contribution < -0.4 is 10.6 Å². The highest BCUT2D eigenvalue weighted by Crippen LogP contribution is 2.36. The minimum atomic E-state index is 0.0970. The first kappa shape index (κ1) is 16.6. The normalized spacial score (nSPS) is 16.4. The third-order valence-electron chi connectivity index (χ3n) is 4.36. The lowest BCUT2D eigenvalue weighted by molar-refractivity contribution is 0.140. The zero-order valence-corrected chi connectivity index (χ0v) is 14.2. The highest BCUT2D eigenvalue weighted by molar-refractivity contribution is 5.35. The van der Waals surface area contributed by atoms with E-state index < -0.39 is 0 Å². The maximum Gasteiger partial charge on any atom is 0.229 e. The van der Waals surface area contributed by atoms with Crippen molar-refractivity contribution in [1.29, 1.82) is 0 Å². The van der Waals surface area contributed by atoms with E-state index in [0.29, 0.717) is 24.9 Å². The van der Waals surface area contributed by atoms with E-state index in [1.165, 1.54) is 11.1 Å². The SMILES string of the molecule is CN(C)c1nc(N)nc(CN(CCO)C2CCc3ccccc32)n1. The molecule has 0 radical (unpaired) electrons. The Labute approximate surface area is 142 Å². The molecule has 1 aromatic heterocycles. The standard InChI is InChI=1S/C17H24N6O/c1-22(2)17-20-15(19-16(18)21-17)11-23(9-10-24)14-8-7-12-5-3-4-6-13(12)14/h3-6,14,24H,7-11H2,1-2H3,(H2,18,19,20,21). The second kappa shape index (κ2) is 7.11. The highest BCUT2D eigenvalue weighted by atomic mass is 16.3. The Morgan fingerprint density at radius 1 is 1.21 bits per heavy atom. The molecule has 24 heavy (non-hydrogen) atoms. The summed E-state index contributed by atoms with van der Waals surface area (Å²) in [5.41, 5.74) is 8.54. The first-order chi connectivity index (χ1) is 11.6. The number of nitrogens with zero attached hydrogens (tertiary/aromatic N) is 5. The average Bonchev–Trinajstić information content (AvgIpc) is 2.98. The van der Waals surface area contributed by atoms with Crippen LogP contribution in [0.5, 0.6) is 0 Å². The molecule has 0 spiro atoms. The number of hydrogen-bond donors (Lipinski definition) is 2. The number of benzene rings is 1. The van der Waals surface area contributed by atoms with Gasteiger partial charge < -0.3 is 15.7 Å². The lowest BCUT2D eigenvalue weighted by Crippen LogP contribution is -2.31. The number of aliphatic hydroxyl groups excluding tert-OH is 1. The van der Waals surface area contributed by atoms with Crippen molar-refractivity contribution in [2.24, 2.45) is 0 Å². The van der Waals surface area contributed by atoms with Crippen LogP contribution >= 0.6 is 0 Å². The van der Waals surface area contributed by atoms with Gasteiger partial charge in [0.05, 0.1) is 13.2 Å². The van der Waals surface area contributed by atoms with Gasteiger partial charge in [-0.15, -0.1) is 0 Å². The second-order valence-corrected chi connectivity index (χ2v) is 6.25. The Kier molecular flexibility index (Phi) is 4.92. The van der Waals surface area contributed by atoms with Crippen molar-refractivity contribution in [3.63, 3.8) is 0 Å². The van der Waals surface area contributed by atoms with Crippen LogP contribution in [0.1, 0.15) is 29.4 Å². The maximum absolute atomic E-state index is 9.49. The Morgan fingerprint density at radius 3 is 2.75 bits per heavy atom. The summed E-state index contributed by atoms with van der Waals surface area (Å²) in [5.74, 6) is 1.40. The van der Waals surface area contributed by atoms with Gasteiger partial charge in [-0.25, -0.2) is 0 Å². The molecule has 1 aromatic carbocycles. The van der Waals surface area contributed by atoms with E-state index in [-0.39, 0.29) is 18.6 Å². The van der Waals surface area contributed by atoms with E-state index in [0.717, 1.165) is 12.8 Å². The Hall–Kier alpha value is -2.25. The number of rotatable bonds is 6. The molecule has 3 rings (SSSR count). The number of fused-ring (bicyclic) bond motifs is 1. The van der Waals surface area contributed by atoms with Gasteiger partial charge in [0.15, 0.2) is 0 Å². The second-order valence-electron chi connectivity index (χ2n) is 6.25. The average molecular weight is 328 g/mol. The summed E-state index contributed by atoms with van der Waals surface area (Å²) in [6.45, 7) is 1.20. The molecule has 1 aliphatic rings. The Morgan fingerprint density at radius 2 is 2.00 bits per heavy atom. The summed E-state index contributed by atoms with van der Waals surface area (Å²) in [6.07, 6.45) is 2.10. The van der Waals surface area contributed by atoms with E-state index in [4.69, 9.17) is 5.73 Å². The molecule has 0 aliphatic heterocycles. The summed E-state index contributed by atoms with van der Waals surface area (Å²) in [6, 6.07) is 8.77. The lowest BCUT2D eigenvalue weighted by atomic mass is 10.1. The van der Waals surface area contributed by atoms with Gasteiger partial charge in [0.1, 0.15) is 5.82 Å². The van der Waals surface area contributed by atoms with E-state index in [1.807, 2.05) is 19.0 Å². The van der Waals surface area contributed by atoms with Crippen molar-refractivity contribution in [1.82, 2.24) is 19.9 Å². The van der Waals surface area contributed by atoms with Crippen molar-refractivity contribution in [2.45, 2.75) is 25.4 Å². The van der Waals surface area contributed by atoms with Crippen LogP contribution in [0.15, 0.2) is 24.3 Å². The van der Waals surface area contributed by atoms with Crippen molar-refractivity contribution in [3.05, 3.63) is 41.2 Å². The minimum Gasteiger partial charge on any atom is -0.395 e. The van der Waals surface area contributed by atoms with Gasteiger partial charge in [-0.1, -0.05) is 24.3 Å². The summed E-state index contributed by atoms with van der Waals surface area (Å²) in [7, 11) is 3.74. The van der Waals surface area contributed by atoms with Crippen LogP contribution in [0.3, 0.4) is 0 Å². The fourth-order valence-electron chi connectivity index (χ4n) is 3.26. The smallest absolute Gasteiger partial charge is 0.229 e.